The largest absolute Gasteiger partial charge is 0.395 e. The van der Waals surface area contributed by atoms with Crippen molar-refractivity contribution >= 4 is 0 Å². The van der Waals surface area contributed by atoms with Crippen LogP contribution in [-0.4, -0.2) is 27.5 Å². The van der Waals surface area contributed by atoms with Gasteiger partial charge in [-0.1, -0.05) is 13.8 Å². The first-order valence-electron chi connectivity index (χ1n) is 5.34. The fourth-order valence-electron chi connectivity index (χ4n) is 2.11. The molecule has 0 saturated heterocycles. The van der Waals surface area contributed by atoms with Crippen molar-refractivity contribution in [2.75, 3.05) is 6.61 Å². The Labute approximate surface area is 91.1 Å². The van der Waals surface area contributed by atoms with Crippen LogP contribution in [0.4, 0.5) is 0 Å². The number of aromatic nitrogens is 2. The molecule has 86 valence electrons. The van der Waals surface area contributed by atoms with E-state index in [9.17, 15) is 0 Å². The average Bonchev–Trinajstić information content (AvgIpc) is 2.45. The molecule has 4 heteroatoms. The van der Waals surface area contributed by atoms with Crippen molar-refractivity contribution in [2.24, 2.45) is 18.7 Å². The minimum Gasteiger partial charge on any atom is -0.395 e. The zero-order valence-electron chi connectivity index (χ0n) is 9.94. The first-order chi connectivity index (χ1) is 6.97. The molecule has 0 aliphatic rings. The first-order valence-corrected chi connectivity index (χ1v) is 5.34. The van der Waals surface area contributed by atoms with Crippen molar-refractivity contribution in [3.63, 3.8) is 0 Å². The molecule has 0 spiro atoms. The Morgan fingerprint density at radius 2 is 2.13 bits per heavy atom. The van der Waals surface area contributed by atoms with Gasteiger partial charge < -0.3 is 10.8 Å². The van der Waals surface area contributed by atoms with E-state index in [1.54, 1.807) is 0 Å². The highest BCUT2D eigenvalue weighted by atomic mass is 16.3. The molecule has 4 nitrogen and oxygen atoms in total. The molecule has 1 aromatic heterocycles. The molecular formula is C11H21N3O. The maximum atomic E-state index is 9.16. The molecule has 0 aromatic carbocycles. The molecule has 0 saturated carbocycles. The second kappa shape index (κ2) is 4.77. The molecule has 0 aliphatic carbocycles. The molecule has 2 atom stereocenters. The van der Waals surface area contributed by atoms with Crippen molar-refractivity contribution in [3.8, 4) is 0 Å². The second-order valence-corrected chi connectivity index (χ2v) is 4.45. The van der Waals surface area contributed by atoms with Crippen LogP contribution in [0.5, 0.6) is 0 Å². The quantitative estimate of drug-likeness (QED) is 0.774. The smallest absolute Gasteiger partial charge is 0.0596 e. The minimum absolute atomic E-state index is 0.00702. The zero-order valence-corrected chi connectivity index (χ0v) is 9.94. The monoisotopic (exact) mass is 211 g/mol. The van der Waals surface area contributed by atoms with E-state index >= 15 is 0 Å². The lowest BCUT2D eigenvalue weighted by Crippen LogP contribution is -2.36. The standard InChI is InChI=1S/C11H21N3O/c1-7(2)11(9(12)6-15)10-5-8(3)13-14(10)4/h5,7,9,11,15H,6,12H2,1-4H3. The van der Waals surface area contributed by atoms with Crippen molar-refractivity contribution in [1.82, 2.24) is 9.78 Å². The molecule has 3 N–H and O–H groups in total. The van der Waals surface area contributed by atoms with E-state index in [-0.39, 0.29) is 18.6 Å². The van der Waals surface area contributed by atoms with E-state index in [0.717, 1.165) is 11.4 Å². The van der Waals surface area contributed by atoms with E-state index in [1.807, 2.05) is 24.7 Å². The summed E-state index contributed by atoms with van der Waals surface area (Å²) in [6.45, 7) is 6.20. The Morgan fingerprint density at radius 1 is 1.53 bits per heavy atom. The first kappa shape index (κ1) is 12.2. The molecule has 0 fully saturated rings. The highest BCUT2D eigenvalue weighted by molar-refractivity contribution is 5.16. The fourth-order valence-corrected chi connectivity index (χ4v) is 2.11. The molecule has 0 aliphatic heterocycles. The van der Waals surface area contributed by atoms with Gasteiger partial charge in [0.05, 0.1) is 12.3 Å². The van der Waals surface area contributed by atoms with Crippen LogP contribution in [0, 0.1) is 12.8 Å². The lowest BCUT2D eigenvalue weighted by Gasteiger charge is -2.26. The van der Waals surface area contributed by atoms with Gasteiger partial charge in [-0.2, -0.15) is 5.10 Å². The molecule has 2 unspecified atom stereocenters. The summed E-state index contributed by atoms with van der Waals surface area (Å²) in [6, 6.07) is 1.82. The maximum absolute atomic E-state index is 9.16. The highest BCUT2D eigenvalue weighted by Crippen LogP contribution is 2.27. The van der Waals surface area contributed by atoms with Crippen molar-refractivity contribution < 1.29 is 5.11 Å². The summed E-state index contributed by atoms with van der Waals surface area (Å²) in [6.07, 6.45) is 0. The SMILES string of the molecule is Cc1cc(C(C(C)C)C(N)CO)n(C)n1. The minimum atomic E-state index is -0.222. The third-order valence-corrected chi connectivity index (χ3v) is 2.77. The summed E-state index contributed by atoms with van der Waals surface area (Å²) in [5, 5.41) is 13.5. The summed E-state index contributed by atoms with van der Waals surface area (Å²) in [5.41, 5.74) is 8.03. The van der Waals surface area contributed by atoms with Crippen LogP contribution in [0.15, 0.2) is 6.07 Å². The van der Waals surface area contributed by atoms with Gasteiger partial charge in [0.2, 0.25) is 0 Å². The van der Waals surface area contributed by atoms with Crippen molar-refractivity contribution in [3.05, 3.63) is 17.5 Å². The van der Waals surface area contributed by atoms with Crippen LogP contribution in [0.1, 0.15) is 31.2 Å². The summed E-state index contributed by atoms with van der Waals surface area (Å²) in [7, 11) is 1.92. The summed E-state index contributed by atoms with van der Waals surface area (Å²) in [4.78, 5) is 0. The van der Waals surface area contributed by atoms with Gasteiger partial charge in [-0.15, -0.1) is 0 Å². The van der Waals surface area contributed by atoms with Crippen molar-refractivity contribution in [2.45, 2.75) is 32.7 Å². The predicted octanol–water partition coefficient (Wildman–Crippen LogP) is 0.788. The van der Waals surface area contributed by atoms with E-state index in [1.165, 1.54) is 0 Å². The maximum Gasteiger partial charge on any atom is 0.0596 e. The lowest BCUT2D eigenvalue weighted by atomic mass is 9.86. The lowest BCUT2D eigenvalue weighted by molar-refractivity contribution is 0.228. The molecule has 0 amide bonds. The predicted molar refractivity (Wildman–Crippen MR) is 60.6 cm³/mol. The number of rotatable bonds is 4. The van der Waals surface area contributed by atoms with Crippen molar-refractivity contribution in [1.29, 1.82) is 0 Å². The van der Waals surface area contributed by atoms with Crippen LogP contribution in [0.25, 0.3) is 0 Å². The number of nitrogens with two attached hydrogens (primary N) is 1. The third kappa shape index (κ3) is 2.58. The van der Waals surface area contributed by atoms with Gasteiger partial charge in [0, 0.05) is 24.7 Å². The van der Waals surface area contributed by atoms with E-state index in [0.29, 0.717) is 5.92 Å². The van der Waals surface area contributed by atoms with Gasteiger partial charge in [-0.3, -0.25) is 4.68 Å². The molecule has 0 bridgehead atoms. The van der Waals surface area contributed by atoms with Crippen LogP contribution >= 0.6 is 0 Å². The average molecular weight is 211 g/mol. The molecule has 15 heavy (non-hydrogen) atoms. The second-order valence-electron chi connectivity index (χ2n) is 4.45. The molecule has 1 rings (SSSR count). The van der Waals surface area contributed by atoms with E-state index in [4.69, 9.17) is 10.8 Å². The zero-order chi connectivity index (χ0) is 11.6. The van der Waals surface area contributed by atoms with Crippen LogP contribution < -0.4 is 5.73 Å². The Balaban J connectivity index is 3.04. The number of aryl methyl sites for hydroxylation is 2. The Bertz CT molecular complexity index is 320. The van der Waals surface area contributed by atoms with Crippen LogP contribution in [-0.2, 0) is 7.05 Å². The van der Waals surface area contributed by atoms with Gasteiger partial charge in [0.1, 0.15) is 0 Å². The Morgan fingerprint density at radius 3 is 2.47 bits per heavy atom. The number of hydrogen-bond donors (Lipinski definition) is 2. The van der Waals surface area contributed by atoms with Gasteiger partial charge in [0.15, 0.2) is 0 Å². The molecule has 1 heterocycles. The summed E-state index contributed by atoms with van der Waals surface area (Å²) >= 11 is 0. The number of aliphatic hydroxyl groups is 1. The van der Waals surface area contributed by atoms with Gasteiger partial charge in [-0.25, -0.2) is 0 Å². The normalized spacial score (nSPS) is 15.7. The summed E-state index contributed by atoms with van der Waals surface area (Å²) < 4.78 is 1.86. The van der Waals surface area contributed by atoms with E-state index < -0.39 is 0 Å². The van der Waals surface area contributed by atoms with Gasteiger partial charge in [-0.05, 0) is 18.9 Å². The Kier molecular flexibility index (Phi) is 3.88. The topological polar surface area (TPSA) is 64.1 Å². The highest BCUT2D eigenvalue weighted by Gasteiger charge is 2.25. The van der Waals surface area contributed by atoms with E-state index in [2.05, 4.69) is 18.9 Å². The molecule has 1 aromatic rings. The molecular weight excluding hydrogens is 190 g/mol. The number of aliphatic hydroxyl groups excluding tert-OH is 1. The van der Waals surface area contributed by atoms with Crippen LogP contribution in [0.2, 0.25) is 0 Å². The third-order valence-electron chi connectivity index (χ3n) is 2.77. The molecule has 0 radical (unpaired) electrons. The van der Waals surface area contributed by atoms with Gasteiger partial charge >= 0.3 is 0 Å². The Hall–Kier alpha value is -0.870. The number of hydrogen-bond acceptors (Lipinski definition) is 3. The van der Waals surface area contributed by atoms with Gasteiger partial charge in [0.25, 0.3) is 0 Å². The fraction of sp³-hybridized carbons (Fsp3) is 0.727. The van der Waals surface area contributed by atoms with Crippen LogP contribution in [0.3, 0.4) is 0 Å². The number of nitrogens with zero attached hydrogens (tertiary/aromatic N) is 2. The summed E-state index contributed by atoms with van der Waals surface area (Å²) in [5.74, 6) is 0.545.